The standard InChI is InChI=1S/C13H14N2OS.C7H15N.C5H11N/c1-9-12(8-16)17-13(14-9)10-4-6-11(7-5-10)15(2)3;1-8-6-4-2-3-5-7-8;1-2-4-6-5-3-1/h4-8H,1-3H3;2-7H2,1H3;6H,1-5H2. The van der Waals surface area contributed by atoms with Crippen molar-refractivity contribution >= 4 is 23.3 Å². The largest absolute Gasteiger partial charge is 0.378 e. The van der Waals surface area contributed by atoms with E-state index in [1.807, 2.05) is 50.2 Å². The Kier molecular flexibility index (Phi) is 11.8. The fourth-order valence-corrected chi connectivity index (χ4v) is 4.46. The van der Waals surface area contributed by atoms with Crippen molar-refractivity contribution in [1.82, 2.24) is 15.2 Å². The van der Waals surface area contributed by atoms with Gasteiger partial charge in [-0.3, -0.25) is 4.79 Å². The lowest BCUT2D eigenvalue weighted by Gasteiger charge is -2.11. The van der Waals surface area contributed by atoms with Crippen LogP contribution in [-0.4, -0.2) is 63.5 Å². The van der Waals surface area contributed by atoms with Gasteiger partial charge >= 0.3 is 0 Å². The van der Waals surface area contributed by atoms with Crippen LogP contribution in [-0.2, 0) is 0 Å². The van der Waals surface area contributed by atoms with E-state index in [1.54, 1.807) is 0 Å². The van der Waals surface area contributed by atoms with Gasteiger partial charge in [0, 0.05) is 25.3 Å². The molecule has 0 saturated carbocycles. The highest BCUT2D eigenvalue weighted by Gasteiger charge is 2.08. The summed E-state index contributed by atoms with van der Waals surface area (Å²) in [4.78, 5) is 20.4. The molecule has 1 aromatic heterocycles. The molecular weight excluding hydrogens is 404 g/mol. The summed E-state index contributed by atoms with van der Waals surface area (Å²) in [6, 6.07) is 8.16. The third-order valence-corrected chi connectivity index (χ3v) is 6.74. The number of carbonyl (C=O) groups is 1. The topological polar surface area (TPSA) is 48.5 Å². The predicted octanol–water partition coefficient (Wildman–Crippen LogP) is 5.25. The zero-order valence-corrected chi connectivity index (χ0v) is 20.6. The first-order chi connectivity index (χ1) is 15.0. The second kappa shape index (κ2) is 14.3. The molecule has 0 spiro atoms. The van der Waals surface area contributed by atoms with E-state index in [4.69, 9.17) is 0 Å². The lowest BCUT2D eigenvalue weighted by molar-refractivity contribution is 0.112. The van der Waals surface area contributed by atoms with E-state index < -0.39 is 0 Å². The van der Waals surface area contributed by atoms with Crippen LogP contribution in [0.5, 0.6) is 0 Å². The molecule has 31 heavy (non-hydrogen) atoms. The van der Waals surface area contributed by atoms with Crippen LogP contribution in [0.3, 0.4) is 0 Å². The van der Waals surface area contributed by atoms with E-state index in [1.165, 1.54) is 82.5 Å². The first-order valence-corrected chi connectivity index (χ1v) is 12.4. The van der Waals surface area contributed by atoms with Crippen molar-refractivity contribution in [2.24, 2.45) is 0 Å². The minimum atomic E-state index is 0.705. The molecule has 1 aromatic carbocycles. The van der Waals surface area contributed by atoms with Crippen LogP contribution in [0.25, 0.3) is 10.6 Å². The van der Waals surface area contributed by atoms with E-state index in [-0.39, 0.29) is 0 Å². The third-order valence-electron chi connectivity index (χ3n) is 5.61. The average Bonchev–Trinajstić information content (AvgIpc) is 3.01. The molecular formula is C25H40N4OS. The van der Waals surface area contributed by atoms with Crippen LogP contribution in [0.2, 0.25) is 0 Å². The number of aromatic nitrogens is 1. The summed E-state index contributed by atoms with van der Waals surface area (Å²) in [6.45, 7) is 7.00. The van der Waals surface area contributed by atoms with Crippen LogP contribution >= 0.6 is 11.3 Å². The average molecular weight is 445 g/mol. The van der Waals surface area contributed by atoms with Crippen molar-refractivity contribution in [3.8, 4) is 10.6 Å². The molecule has 4 rings (SSSR count). The van der Waals surface area contributed by atoms with Gasteiger partial charge in [0.15, 0.2) is 6.29 Å². The number of carbonyl (C=O) groups excluding carboxylic acids is 1. The van der Waals surface area contributed by atoms with Crippen LogP contribution in [0.15, 0.2) is 24.3 Å². The Hall–Kier alpha value is -1.76. The molecule has 0 unspecified atom stereocenters. The molecule has 0 atom stereocenters. The van der Waals surface area contributed by atoms with Crippen molar-refractivity contribution < 1.29 is 4.79 Å². The molecule has 2 saturated heterocycles. The zero-order chi connectivity index (χ0) is 22.5. The first-order valence-electron chi connectivity index (χ1n) is 11.6. The maximum Gasteiger partial charge on any atom is 0.161 e. The van der Waals surface area contributed by atoms with Gasteiger partial charge in [0.2, 0.25) is 0 Å². The number of aldehydes is 1. The van der Waals surface area contributed by atoms with Gasteiger partial charge in [-0.2, -0.15) is 0 Å². The lowest BCUT2D eigenvalue weighted by atomic mass is 10.2. The Morgan fingerprint density at radius 3 is 1.97 bits per heavy atom. The predicted molar refractivity (Wildman–Crippen MR) is 135 cm³/mol. The Morgan fingerprint density at radius 2 is 1.55 bits per heavy atom. The molecule has 5 nitrogen and oxygen atoms in total. The minimum absolute atomic E-state index is 0.705. The monoisotopic (exact) mass is 444 g/mol. The fourth-order valence-electron chi connectivity index (χ4n) is 3.57. The molecule has 0 amide bonds. The molecule has 172 valence electrons. The summed E-state index contributed by atoms with van der Waals surface area (Å²) in [7, 11) is 6.23. The van der Waals surface area contributed by atoms with Crippen molar-refractivity contribution in [3.05, 3.63) is 34.8 Å². The number of piperidine rings is 1. The number of nitrogens with zero attached hydrogens (tertiary/aromatic N) is 3. The van der Waals surface area contributed by atoms with Crippen molar-refractivity contribution in [3.63, 3.8) is 0 Å². The van der Waals surface area contributed by atoms with Gasteiger partial charge in [-0.1, -0.05) is 19.3 Å². The van der Waals surface area contributed by atoms with E-state index in [0.717, 1.165) is 28.2 Å². The van der Waals surface area contributed by atoms with Crippen LogP contribution in [0.1, 0.15) is 60.3 Å². The SMILES string of the molecule is C1CCNCC1.CN1CCCCCC1.Cc1nc(-c2ccc(N(C)C)cc2)sc1C=O. The van der Waals surface area contributed by atoms with Gasteiger partial charge < -0.3 is 15.1 Å². The van der Waals surface area contributed by atoms with E-state index in [9.17, 15) is 4.79 Å². The van der Waals surface area contributed by atoms with Gasteiger partial charge in [0.1, 0.15) is 5.01 Å². The number of benzene rings is 1. The van der Waals surface area contributed by atoms with Crippen molar-refractivity contribution in [2.75, 3.05) is 52.2 Å². The fraction of sp³-hybridized carbons (Fsp3) is 0.600. The molecule has 2 fully saturated rings. The maximum absolute atomic E-state index is 10.8. The number of aryl methyl sites for hydroxylation is 1. The zero-order valence-electron chi connectivity index (χ0n) is 19.8. The number of hydrogen-bond acceptors (Lipinski definition) is 6. The third kappa shape index (κ3) is 9.50. The second-order valence-corrected chi connectivity index (χ2v) is 9.59. The second-order valence-electron chi connectivity index (χ2n) is 8.56. The molecule has 2 aromatic rings. The Balaban J connectivity index is 0.000000200. The smallest absolute Gasteiger partial charge is 0.161 e. The highest BCUT2D eigenvalue weighted by molar-refractivity contribution is 7.16. The summed E-state index contributed by atoms with van der Waals surface area (Å²) in [5.74, 6) is 0. The lowest BCUT2D eigenvalue weighted by Crippen LogP contribution is -2.21. The van der Waals surface area contributed by atoms with Gasteiger partial charge in [-0.05, 0) is 90.1 Å². The number of hydrogen-bond donors (Lipinski definition) is 1. The number of likely N-dealkylation sites (tertiary alicyclic amines) is 1. The minimum Gasteiger partial charge on any atom is -0.378 e. The quantitative estimate of drug-likeness (QED) is 0.655. The highest BCUT2D eigenvalue weighted by atomic mass is 32.1. The first kappa shape index (κ1) is 25.5. The molecule has 0 aliphatic carbocycles. The molecule has 0 radical (unpaired) electrons. The summed E-state index contributed by atoms with van der Waals surface area (Å²) in [5.41, 5.74) is 3.01. The normalized spacial score (nSPS) is 16.8. The summed E-state index contributed by atoms with van der Waals surface area (Å²) in [5, 5.41) is 4.18. The van der Waals surface area contributed by atoms with Gasteiger partial charge in [0.05, 0.1) is 10.6 Å². The molecule has 1 N–H and O–H groups in total. The van der Waals surface area contributed by atoms with E-state index >= 15 is 0 Å². The summed E-state index contributed by atoms with van der Waals surface area (Å²) < 4.78 is 0. The van der Waals surface area contributed by atoms with Crippen LogP contribution in [0, 0.1) is 6.92 Å². The number of anilines is 1. The number of nitrogens with one attached hydrogen (secondary N) is 1. The summed E-state index contributed by atoms with van der Waals surface area (Å²) >= 11 is 1.43. The van der Waals surface area contributed by atoms with Crippen LogP contribution in [0.4, 0.5) is 5.69 Å². The van der Waals surface area contributed by atoms with Crippen molar-refractivity contribution in [2.45, 2.75) is 51.9 Å². The summed E-state index contributed by atoms with van der Waals surface area (Å²) in [6.07, 6.45) is 10.8. The maximum atomic E-state index is 10.8. The van der Waals surface area contributed by atoms with Crippen LogP contribution < -0.4 is 10.2 Å². The van der Waals surface area contributed by atoms with Gasteiger partial charge in [-0.25, -0.2) is 4.98 Å². The Bertz CT molecular complexity index is 734. The van der Waals surface area contributed by atoms with Crippen molar-refractivity contribution in [1.29, 1.82) is 0 Å². The molecule has 2 aliphatic rings. The molecule has 2 aliphatic heterocycles. The molecule has 3 heterocycles. The molecule has 0 bridgehead atoms. The highest BCUT2D eigenvalue weighted by Crippen LogP contribution is 2.28. The number of rotatable bonds is 3. The Morgan fingerprint density at radius 1 is 0.968 bits per heavy atom. The van der Waals surface area contributed by atoms with E-state index in [2.05, 4.69) is 22.2 Å². The van der Waals surface area contributed by atoms with Gasteiger partial charge in [-0.15, -0.1) is 11.3 Å². The Labute approximate surface area is 192 Å². The number of thiazole rings is 1. The molecule has 6 heteroatoms. The van der Waals surface area contributed by atoms with Gasteiger partial charge in [0.25, 0.3) is 0 Å². The van der Waals surface area contributed by atoms with E-state index in [0.29, 0.717) is 4.88 Å².